The van der Waals surface area contributed by atoms with Crippen LogP contribution in [0.15, 0.2) is 36.4 Å². The van der Waals surface area contributed by atoms with Crippen LogP contribution in [0, 0.1) is 11.8 Å². The van der Waals surface area contributed by atoms with E-state index in [4.69, 9.17) is 14.2 Å². The van der Waals surface area contributed by atoms with Crippen LogP contribution in [0.1, 0.15) is 31.9 Å². The molecule has 1 aromatic carbocycles. The molecule has 3 heterocycles. The van der Waals surface area contributed by atoms with E-state index in [1.165, 1.54) is 0 Å². The molecule has 6 nitrogen and oxygen atoms in total. The monoisotopic (exact) mass is 371 g/mol. The molecule has 0 aromatic heterocycles. The number of esters is 1. The summed E-state index contributed by atoms with van der Waals surface area (Å²) in [7, 11) is 1.63. The van der Waals surface area contributed by atoms with E-state index in [9.17, 15) is 9.59 Å². The molecule has 3 aliphatic heterocycles. The van der Waals surface area contributed by atoms with Crippen molar-refractivity contribution in [3.05, 3.63) is 42.0 Å². The molecule has 2 fully saturated rings. The third kappa shape index (κ3) is 2.74. The molecule has 0 saturated carbocycles. The second-order valence-corrected chi connectivity index (χ2v) is 7.48. The van der Waals surface area contributed by atoms with Crippen LogP contribution in [-0.2, 0) is 19.1 Å². The lowest BCUT2D eigenvalue weighted by atomic mass is 9.77. The molecule has 1 aromatic rings. The molecule has 3 aliphatic rings. The SMILES string of the molecule is CCCOC(=O)[C@H]1[C@H]2C(=O)N([C@@H](C)c3ccc(OC)cc3)C[C@]23C=C[C@H]1O3. The molecule has 1 amide bonds. The first-order valence-corrected chi connectivity index (χ1v) is 9.49. The van der Waals surface area contributed by atoms with Crippen molar-refractivity contribution in [2.45, 2.75) is 38.0 Å². The van der Waals surface area contributed by atoms with Gasteiger partial charge in [0.05, 0.1) is 38.3 Å². The average molecular weight is 371 g/mol. The summed E-state index contributed by atoms with van der Waals surface area (Å²) in [5.41, 5.74) is 0.308. The van der Waals surface area contributed by atoms with E-state index in [1.807, 2.05) is 55.2 Å². The number of fused-ring (bicyclic) bond motifs is 1. The van der Waals surface area contributed by atoms with Gasteiger partial charge in [0, 0.05) is 0 Å². The number of methoxy groups -OCH3 is 1. The third-order valence-corrected chi connectivity index (χ3v) is 5.92. The van der Waals surface area contributed by atoms with Crippen molar-refractivity contribution in [2.75, 3.05) is 20.3 Å². The molecule has 0 N–H and O–H groups in total. The van der Waals surface area contributed by atoms with Crippen molar-refractivity contribution in [3.8, 4) is 5.75 Å². The summed E-state index contributed by atoms with van der Waals surface area (Å²) >= 11 is 0. The second kappa shape index (κ2) is 6.68. The van der Waals surface area contributed by atoms with Crippen molar-refractivity contribution < 1.29 is 23.8 Å². The van der Waals surface area contributed by atoms with Crippen molar-refractivity contribution in [2.24, 2.45) is 11.8 Å². The van der Waals surface area contributed by atoms with E-state index in [0.717, 1.165) is 17.7 Å². The number of carbonyl (C=O) groups is 2. The van der Waals surface area contributed by atoms with Crippen LogP contribution >= 0.6 is 0 Å². The maximum atomic E-state index is 13.3. The average Bonchev–Trinajstić information content (AvgIpc) is 3.34. The fourth-order valence-corrected chi connectivity index (χ4v) is 4.49. The minimum atomic E-state index is -0.710. The fourth-order valence-electron chi connectivity index (χ4n) is 4.49. The predicted molar refractivity (Wildman–Crippen MR) is 98.1 cm³/mol. The maximum Gasteiger partial charge on any atom is 0.312 e. The summed E-state index contributed by atoms with van der Waals surface area (Å²) in [5.74, 6) is -0.647. The number of amides is 1. The van der Waals surface area contributed by atoms with Crippen molar-refractivity contribution in [1.29, 1.82) is 0 Å². The Bertz CT molecular complexity index is 773. The third-order valence-electron chi connectivity index (χ3n) is 5.92. The number of carbonyl (C=O) groups excluding carboxylic acids is 2. The molecule has 27 heavy (non-hydrogen) atoms. The Balaban J connectivity index is 1.57. The molecular weight excluding hydrogens is 346 g/mol. The first-order chi connectivity index (χ1) is 13.0. The Hall–Kier alpha value is -2.34. The molecule has 0 aliphatic carbocycles. The van der Waals surface area contributed by atoms with Crippen LogP contribution in [0.3, 0.4) is 0 Å². The van der Waals surface area contributed by atoms with E-state index < -0.39 is 17.4 Å². The lowest BCUT2D eigenvalue weighted by molar-refractivity contribution is -0.154. The van der Waals surface area contributed by atoms with Crippen LogP contribution in [0.25, 0.3) is 0 Å². The number of rotatable bonds is 6. The zero-order valence-electron chi connectivity index (χ0n) is 15.9. The number of ether oxygens (including phenoxy) is 3. The number of benzene rings is 1. The highest BCUT2D eigenvalue weighted by molar-refractivity contribution is 5.91. The standard InChI is InChI=1S/C21H25NO5/c1-4-11-26-20(24)17-16-9-10-21(27-16)12-22(19(23)18(17)21)13(2)14-5-7-15(25-3)8-6-14/h5-10,13,16-18H,4,11-12H2,1-3H3/t13-,16+,17+,18-,21+/m0/s1. The number of hydrogen-bond acceptors (Lipinski definition) is 5. The van der Waals surface area contributed by atoms with Gasteiger partial charge in [-0.15, -0.1) is 0 Å². The molecule has 2 bridgehead atoms. The highest BCUT2D eigenvalue weighted by Gasteiger charge is 2.67. The van der Waals surface area contributed by atoms with Gasteiger partial charge in [-0.25, -0.2) is 0 Å². The summed E-state index contributed by atoms with van der Waals surface area (Å²) < 4.78 is 16.7. The second-order valence-electron chi connectivity index (χ2n) is 7.48. The Labute approximate surface area is 159 Å². The summed E-state index contributed by atoms with van der Waals surface area (Å²) in [6.07, 6.45) is 4.26. The van der Waals surface area contributed by atoms with E-state index in [1.54, 1.807) is 7.11 Å². The minimum Gasteiger partial charge on any atom is -0.497 e. The first kappa shape index (κ1) is 18.0. The Morgan fingerprint density at radius 1 is 1.37 bits per heavy atom. The Kier molecular flexibility index (Phi) is 4.46. The minimum absolute atomic E-state index is 0.0383. The van der Waals surface area contributed by atoms with E-state index >= 15 is 0 Å². The van der Waals surface area contributed by atoms with Crippen LogP contribution in [0.4, 0.5) is 0 Å². The molecular formula is C21H25NO5. The van der Waals surface area contributed by atoms with Gasteiger partial charge in [0.25, 0.3) is 0 Å². The summed E-state index contributed by atoms with van der Waals surface area (Å²) in [6.45, 7) is 4.77. The summed E-state index contributed by atoms with van der Waals surface area (Å²) in [4.78, 5) is 27.7. The van der Waals surface area contributed by atoms with Crippen molar-refractivity contribution in [3.63, 3.8) is 0 Å². The number of hydrogen-bond donors (Lipinski definition) is 0. The molecule has 0 radical (unpaired) electrons. The maximum absolute atomic E-state index is 13.3. The normalized spacial score (nSPS) is 31.9. The highest BCUT2D eigenvalue weighted by Crippen LogP contribution is 2.53. The molecule has 5 atom stereocenters. The predicted octanol–water partition coefficient (Wildman–Crippen LogP) is 2.49. The van der Waals surface area contributed by atoms with Crippen LogP contribution in [0.5, 0.6) is 5.75 Å². The van der Waals surface area contributed by atoms with Crippen LogP contribution in [0.2, 0.25) is 0 Å². The summed E-state index contributed by atoms with van der Waals surface area (Å²) in [5, 5.41) is 0. The van der Waals surface area contributed by atoms with E-state index in [0.29, 0.717) is 13.2 Å². The Morgan fingerprint density at radius 3 is 2.78 bits per heavy atom. The van der Waals surface area contributed by atoms with Crippen molar-refractivity contribution >= 4 is 11.9 Å². The highest BCUT2D eigenvalue weighted by atomic mass is 16.6. The molecule has 1 spiro atoms. The Morgan fingerprint density at radius 2 is 2.11 bits per heavy atom. The lowest BCUT2D eigenvalue weighted by Crippen LogP contribution is -2.40. The molecule has 6 heteroatoms. The van der Waals surface area contributed by atoms with E-state index in [2.05, 4.69) is 0 Å². The fraction of sp³-hybridized carbons (Fsp3) is 0.524. The van der Waals surface area contributed by atoms with Crippen LogP contribution in [-0.4, -0.2) is 48.7 Å². The smallest absolute Gasteiger partial charge is 0.312 e. The topological polar surface area (TPSA) is 65.1 Å². The first-order valence-electron chi connectivity index (χ1n) is 9.49. The van der Waals surface area contributed by atoms with Crippen LogP contribution < -0.4 is 4.74 Å². The number of likely N-dealkylation sites (tertiary alicyclic amines) is 1. The molecule has 4 rings (SSSR count). The van der Waals surface area contributed by atoms with Crippen molar-refractivity contribution in [1.82, 2.24) is 4.90 Å². The zero-order chi connectivity index (χ0) is 19.2. The van der Waals surface area contributed by atoms with Gasteiger partial charge < -0.3 is 19.1 Å². The van der Waals surface area contributed by atoms with Gasteiger partial charge in [-0.3, -0.25) is 9.59 Å². The van der Waals surface area contributed by atoms with Gasteiger partial charge >= 0.3 is 5.97 Å². The molecule has 144 valence electrons. The largest absolute Gasteiger partial charge is 0.497 e. The van der Waals surface area contributed by atoms with Gasteiger partial charge in [0.2, 0.25) is 5.91 Å². The molecule has 0 unspecified atom stereocenters. The van der Waals surface area contributed by atoms with Gasteiger partial charge in [-0.1, -0.05) is 31.2 Å². The quantitative estimate of drug-likeness (QED) is 0.568. The zero-order valence-corrected chi connectivity index (χ0v) is 15.9. The van der Waals surface area contributed by atoms with Gasteiger partial charge in [0.1, 0.15) is 17.3 Å². The van der Waals surface area contributed by atoms with E-state index in [-0.39, 0.29) is 24.0 Å². The van der Waals surface area contributed by atoms with Gasteiger partial charge in [-0.2, -0.15) is 0 Å². The lowest BCUT2D eigenvalue weighted by Gasteiger charge is -2.27. The van der Waals surface area contributed by atoms with Gasteiger partial charge in [0.15, 0.2) is 0 Å². The summed E-state index contributed by atoms with van der Waals surface area (Å²) in [6, 6.07) is 7.58. The number of nitrogens with zero attached hydrogens (tertiary/aromatic N) is 1. The molecule has 2 saturated heterocycles. The van der Waals surface area contributed by atoms with Gasteiger partial charge in [-0.05, 0) is 31.0 Å².